The minimum Gasteiger partial charge on any atom is -0.448 e. The molecule has 4 amide bonds. The van der Waals surface area contributed by atoms with Gasteiger partial charge < -0.3 is 14.5 Å². The van der Waals surface area contributed by atoms with E-state index in [9.17, 15) is 19.6 Å². The Balaban J connectivity index is 1.47. The molecule has 3 fully saturated rings. The van der Waals surface area contributed by atoms with Crippen molar-refractivity contribution in [2.45, 2.75) is 31.0 Å². The van der Waals surface area contributed by atoms with Crippen molar-refractivity contribution >= 4 is 34.6 Å². The molecule has 3 saturated heterocycles. The van der Waals surface area contributed by atoms with E-state index in [1.807, 2.05) is 0 Å². The summed E-state index contributed by atoms with van der Waals surface area (Å²) in [7, 11) is 0. The zero-order valence-electron chi connectivity index (χ0n) is 16.4. The number of nitriles is 1. The topological polar surface area (TPSA) is 107 Å². The second-order valence-electron chi connectivity index (χ2n) is 7.63. The number of benzene rings is 1. The molecule has 1 aromatic heterocycles. The second-order valence-corrected chi connectivity index (χ2v) is 7.63. The van der Waals surface area contributed by atoms with Gasteiger partial charge in [0, 0.05) is 24.5 Å². The number of hydrogen-bond donors (Lipinski definition) is 0. The maximum atomic E-state index is 13.4. The van der Waals surface area contributed by atoms with Gasteiger partial charge in [0.15, 0.2) is 0 Å². The Kier molecular flexibility index (Phi) is 4.26. The van der Waals surface area contributed by atoms with Crippen molar-refractivity contribution in [2.75, 3.05) is 18.1 Å². The summed E-state index contributed by atoms with van der Waals surface area (Å²) in [5.74, 6) is 2.01. The third-order valence-electron chi connectivity index (χ3n) is 6.08. The van der Waals surface area contributed by atoms with Crippen molar-refractivity contribution in [1.29, 1.82) is 5.26 Å². The third-order valence-corrected chi connectivity index (χ3v) is 6.08. The quantitative estimate of drug-likeness (QED) is 0.430. The van der Waals surface area contributed by atoms with E-state index in [2.05, 4.69) is 17.0 Å². The molecule has 0 aliphatic carbocycles. The molecule has 3 aliphatic heterocycles. The fraction of sp³-hybridized carbons (Fsp3) is 0.318. The van der Waals surface area contributed by atoms with Crippen molar-refractivity contribution < 1.29 is 19.1 Å². The van der Waals surface area contributed by atoms with Gasteiger partial charge in [-0.25, -0.2) is 14.5 Å². The molecule has 0 spiro atoms. The van der Waals surface area contributed by atoms with E-state index < -0.39 is 30.1 Å². The number of hydrogen-bond acceptors (Lipinski definition) is 6. The second kappa shape index (κ2) is 6.99. The number of aromatic nitrogens is 1. The van der Waals surface area contributed by atoms with Crippen molar-refractivity contribution in [3.05, 3.63) is 36.0 Å². The smallest absolute Gasteiger partial charge is 0.410 e. The Morgan fingerprint density at radius 3 is 2.94 bits per heavy atom. The lowest BCUT2D eigenvalue weighted by molar-refractivity contribution is -0.121. The summed E-state index contributed by atoms with van der Waals surface area (Å²) in [6, 6.07) is 6.78. The van der Waals surface area contributed by atoms with Crippen LogP contribution in [0.25, 0.3) is 10.9 Å². The summed E-state index contributed by atoms with van der Waals surface area (Å²) < 4.78 is 5.20. The van der Waals surface area contributed by atoms with Crippen molar-refractivity contribution in [1.82, 2.24) is 14.8 Å². The molecule has 31 heavy (non-hydrogen) atoms. The zero-order chi connectivity index (χ0) is 21.7. The third kappa shape index (κ3) is 2.63. The van der Waals surface area contributed by atoms with Gasteiger partial charge in [-0.2, -0.15) is 5.26 Å². The Morgan fingerprint density at radius 1 is 1.32 bits per heavy atom. The van der Waals surface area contributed by atoms with Gasteiger partial charge in [-0.1, -0.05) is 0 Å². The van der Waals surface area contributed by atoms with Crippen LogP contribution in [0, 0.1) is 23.7 Å². The number of nitrogens with zero attached hydrogens (tertiary/aromatic N) is 5. The number of ether oxygens (including phenoxy) is 1. The van der Waals surface area contributed by atoms with Gasteiger partial charge in [-0.15, -0.1) is 12.3 Å². The van der Waals surface area contributed by atoms with Gasteiger partial charge in [0.05, 0.1) is 28.9 Å². The maximum absolute atomic E-state index is 13.4. The van der Waals surface area contributed by atoms with Gasteiger partial charge in [0.25, 0.3) is 5.91 Å². The lowest BCUT2D eigenvalue weighted by Gasteiger charge is -2.34. The van der Waals surface area contributed by atoms with Crippen LogP contribution < -0.4 is 4.90 Å². The first kappa shape index (κ1) is 18.9. The van der Waals surface area contributed by atoms with Crippen LogP contribution in [0.4, 0.5) is 15.3 Å². The normalized spacial score (nSPS) is 23.8. The fourth-order valence-electron chi connectivity index (χ4n) is 4.81. The van der Waals surface area contributed by atoms with E-state index in [0.717, 1.165) is 4.90 Å². The molecular weight excluding hydrogens is 398 g/mol. The minimum atomic E-state index is -0.756. The van der Waals surface area contributed by atoms with Crippen LogP contribution in [0.5, 0.6) is 0 Å². The number of fused-ring (bicyclic) bond motifs is 6. The summed E-state index contributed by atoms with van der Waals surface area (Å²) in [4.78, 5) is 47.6. The molecule has 1 unspecified atom stereocenters. The van der Waals surface area contributed by atoms with Crippen LogP contribution >= 0.6 is 0 Å². The first-order valence-electron chi connectivity index (χ1n) is 9.87. The summed E-state index contributed by atoms with van der Waals surface area (Å²) in [6.45, 7) is 0.430. The highest BCUT2D eigenvalue weighted by Gasteiger charge is 2.63. The summed E-state index contributed by atoms with van der Waals surface area (Å²) in [5, 5.41) is 9.90. The lowest BCUT2D eigenvalue weighted by Crippen LogP contribution is -2.55. The average molecular weight is 415 g/mol. The number of urea groups is 1. The first-order valence-corrected chi connectivity index (χ1v) is 9.87. The average Bonchev–Trinajstić information content (AvgIpc) is 3.45. The van der Waals surface area contributed by atoms with Crippen LogP contribution in [0.3, 0.4) is 0 Å². The number of likely N-dealkylation sites (tertiary alicyclic amines) is 1. The van der Waals surface area contributed by atoms with Crippen LogP contribution in [-0.4, -0.2) is 64.1 Å². The number of pyridine rings is 1. The van der Waals surface area contributed by atoms with Gasteiger partial charge in [0.1, 0.15) is 18.7 Å². The Morgan fingerprint density at radius 2 is 2.16 bits per heavy atom. The van der Waals surface area contributed by atoms with Crippen LogP contribution in [-0.2, 0) is 9.53 Å². The number of carbonyl (C=O) groups excluding carboxylic acids is 3. The number of piperazine rings is 1. The van der Waals surface area contributed by atoms with Crippen molar-refractivity contribution in [3.8, 4) is 18.4 Å². The predicted octanol–water partition coefficient (Wildman–Crippen LogP) is 1.86. The standard InChI is InChI=1S/C22H17N5O4/c1-2-3-9-31-22(30)25-12-14-10-17(25)19-20(28)27(21(29)26(14)19)16-7-6-13(11-23)18-15(16)5-4-8-24-18/h1,4-8,14,17,19H,3,9-10,12H2/t14-,17?,19-/m1/s1. The van der Waals surface area contributed by atoms with Crippen molar-refractivity contribution in [3.63, 3.8) is 0 Å². The van der Waals surface area contributed by atoms with E-state index in [4.69, 9.17) is 11.2 Å². The van der Waals surface area contributed by atoms with E-state index in [1.165, 1.54) is 4.90 Å². The minimum absolute atomic E-state index is 0.112. The molecule has 2 aromatic rings. The predicted molar refractivity (Wildman–Crippen MR) is 109 cm³/mol. The number of rotatable bonds is 3. The highest BCUT2D eigenvalue weighted by Crippen LogP contribution is 2.43. The highest BCUT2D eigenvalue weighted by atomic mass is 16.6. The SMILES string of the molecule is C#CCCOC(=O)N1C[C@H]2CC1[C@@H]1C(=O)N(c3ccc(C#N)c4ncccc34)C(=O)N21. The molecular formula is C22H17N5O4. The first-order chi connectivity index (χ1) is 15.1. The molecule has 3 aliphatic rings. The molecule has 4 heterocycles. The van der Waals surface area contributed by atoms with Crippen molar-refractivity contribution in [2.24, 2.45) is 0 Å². The molecule has 1 aromatic carbocycles. The summed E-state index contributed by atoms with van der Waals surface area (Å²) in [6.07, 6.45) is 7.08. The number of amides is 4. The fourth-order valence-corrected chi connectivity index (χ4v) is 4.81. The highest BCUT2D eigenvalue weighted by molar-refractivity contribution is 6.25. The molecule has 0 radical (unpaired) electrons. The van der Waals surface area contributed by atoms with E-state index in [1.54, 1.807) is 35.4 Å². The Bertz CT molecular complexity index is 1210. The van der Waals surface area contributed by atoms with Crippen LogP contribution in [0.15, 0.2) is 30.5 Å². The molecule has 9 heteroatoms. The van der Waals surface area contributed by atoms with Gasteiger partial charge in [-0.05, 0) is 30.7 Å². The Hall–Kier alpha value is -4.11. The molecule has 0 saturated carbocycles. The van der Waals surface area contributed by atoms with Crippen LogP contribution in [0.2, 0.25) is 0 Å². The molecule has 0 N–H and O–H groups in total. The number of terminal acetylenes is 1. The molecule has 5 rings (SSSR count). The zero-order valence-corrected chi connectivity index (χ0v) is 16.4. The molecule has 3 atom stereocenters. The molecule has 154 valence electrons. The number of anilines is 1. The van der Waals surface area contributed by atoms with E-state index >= 15 is 0 Å². The summed E-state index contributed by atoms with van der Waals surface area (Å²) >= 11 is 0. The Labute approximate surface area is 177 Å². The summed E-state index contributed by atoms with van der Waals surface area (Å²) in [5.41, 5.74) is 1.17. The van der Waals surface area contributed by atoms with Crippen LogP contribution in [0.1, 0.15) is 18.4 Å². The lowest BCUT2D eigenvalue weighted by atomic mass is 10.1. The number of imide groups is 1. The van der Waals surface area contributed by atoms with Gasteiger partial charge in [0.2, 0.25) is 0 Å². The maximum Gasteiger partial charge on any atom is 0.410 e. The molecule has 9 nitrogen and oxygen atoms in total. The monoisotopic (exact) mass is 415 g/mol. The van der Waals surface area contributed by atoms with E-state index in [-0.39, 0.29) is 12.6 Å². The molecule has 2 bridgehead atoms. The van der Waals surface area contributed by atoms with E-state index in [0.29, 0.717) is 41.5 Å². The van der Waals surface area contributed by atoms with Gasteiger partial charge in [-0.3, -0.25) is 9.78 Å². The van der Waals surface area contributed by atoms with Gasteiger partial charge >= 0.3 is 12.1 Å². The largest absolute Gasteiger partial charge is 0.448 e. The number of carbonyl (C=O) groups is 3.